The molecule has 0 saturated carbocycles. The highest BCUT2D eigenvalue weighted by Gasteiger charge is 2.06. The molecule has 1 heterocycles. The van der Waals surface area contributed by atoms with E-state index in [0.717, 1.165) is 0 Å². The van der Waals surface area contributed by atoms with E-state index in [1.54, 1.807) is 12.1 Å². The predicted molar refractivity (Wildman–Crippen MR) is 54.4 cm³/mol. The second-order valence-corrected chi connectivity index (χ2v) is 3.00. The van der Waals surface area contributed by atoms with Crippen LogP contribution in [0.5, 0.6) is 5.75 Å². The molecule has 0 unspecified atom stereocenters. The highest BCUT2D eigenvalue weighted by molar-refractivity contribution is 5.89. The van der Waals surface area contributed by atoms with E-state index < -0.39 is 5.63 Å². The number of hydrogen-bond donors (Lipinski definition) is 0. The normalized spacial score (nSPS) is 10.2. The van der Waals surface area contributed by atoms with E-state index >= 15 is 0 Å². The highest BCUT2D eigenvalue weighted by atomic mass is 16.5. The van der Waals surface area contributed by atoms with Crippen molar-refractivity contribution < 1.29 is 13.9 Å². The molecule has 4 nitrogen and oxygen atoms in total. The Morgan fingerprint density at radius 1 is 1.33 bits per heavy atom. The van der Waals surface area contributed by atoms with Gasteiger partial charge in [0.1, 0.15) is 11.3 Å². The number of ether oxygens (including phenoxy) is 1. The predicted octanol–water partition coefficient (Wildman–Crippen LogP) is 1.61. The molecule has 1 aromatic carbocycles. The first kappa shape index (κ1) is 9.45. The van der Waals surface area contributed by atoms with Crippen LogP contribution in [0.4, 0.5) is 0 Å². The van der Waals surface area contributed by atoms with Crippen molar-refractivity contribution in [3.8, 4) is 5.75 Å². The standard InChI is InChI=1S/C11H8O4/c1-14-9-5-10-7(4-8(9)6-12)2-3-11(13)15-10/h2-6H,1H3. The average molecular weight is 204 g/mol. The number of carbonyl (C=O) groups excluding carboxylic acids is 1. The van der Waals surface area contributed by atoms with Crippen LogP contribution < -0.4 is 10.4 Å². The molecule has 15 heavy (non-hydrogen) atoms. The maximum Gasteiger partial charge on any atom is 0.336 e. The van der Waals surface area contributed by atoms with Gasteiger partial charge >= 0.3 is 5.63 Å². The number of aldehydes is 1. The Balaban J connectivity index is 2.80. The lowest BCUT2D eigenvalue weighted by molar-refractivity contribution is 0.112. The molecule has 0 bridgehead atoms. The van der Waals surface area contributed by atoms with Crippen molar-refractivity contribution in [1.82, 2.24) is 0 Å². The van der Waals surface area contributed by atoms with E-state index in [4.69, 9.17) is 9.15 Å². The van der Waals surface area contributed by atoms with Crippen LogP contribution >= 0.6 is 0 Å². The van der Waals surface area contributed by atoms with E-state index in [2.05, 4.69) is 0 Å². The van der Waals surface area contributed by atoms with Crippen LogP contribution in [0.2, 0.25) is 0 Å². The smallest absolute Gasteiger partial charge is 0.336 e. The molecular weight excluding hydrogens is 196 g/mol. The summed E-state index contributed by atoms with van der Waals surface area (Å²) in [5, 5.41) is 0.692. The molecule has 2 aromatic rings. The number of hydrogen-bond acceptors (Lipinski definition) is 4. The van der Waals surface area contributed by atoms with Crippen molar-refractivity contribution >= 4 is 17.3 Å². The summed E-state index contributed by atoms with van der Waals surface area (Å²) in [5.74, 6) is 0.395. The van der Waals surface area contributed by atoms with Crippen molar-refractivity contribution in [3.63, 3.8) is 0 Å². The molecular formula is C11H8O4. The first-order valence-electron chi connectivity index (χ1n) is 4.31. The van der Waals surface area contributed by atoms with Gasteiger partial charge in [0, 0.05) is 17.5 Å². The fourth-order valence-corrected chi connectivity index (χ4v) is 1.38. The molecule has 2 rings (SSSR count). The van der Waals surface area contributed by atoms with Crippen LogP contribution in [0.3, 0.4) is 0 Å². The Hall–Kier alpha value is -2.10. The zero-order chi connectivity index (χ0) is 10.8. The SMILES string of the molecule is COc1cc2oc(=O)ccc2cc1C=O. The third kappa shape index (κ3) is 1.61. The van der Waals surface area contributed by atoms with Crippen LogP contribution in [0.25, 0.3) is 11.0 Å². The lowest BCUT2D eigenvalue weighted by atomic mass is 10.1. The molecule has 1 aromatic heterocycles. The lowest BCUT2D eigenvalue weighted by Crippen LogP contribution is -1.96. The summed E-state index contributed by atoms with van der Waals surface area (Å²) in [5.41, 5.74) is 0.409. The monoisotopic (exact) mass is 204 g/mol. The van der Waals surface area contributed by atoms with Crippen LogP contribution in [-0.2, 0) is 0 Å². The summed E-state index contributed by atoms with van der Waals surface area (Å²) < 4.78 is 9.94. The molecule has 0 aliphatic rings. The van der Waals surface area contributed by atoms with Crippen LogP contribution in [0, 0.1) is 0 Å². The van der Waals surface area contributed by atoms with E-state index in [9.17, 15) is 9.59 Å². The highest BCUT2D eigenvalue weighted by Crippen LogP contribution is 2.23. The third-order valence-corrected chi connectivity index (χ3v) is 2.10. The number of rotatable bonds is 2. The van der Waals surface area contributed by atoms with Crippen LogP contribution in [-0.4, -0.2) is 13.4 Å². The van der Waals surface area contributed by atoms with Crippen molar-refractivity contribution in [1.29, 1.82) is 0 Å². The maximum atomic E-state index is 11.0. The Labute approximate surface area is 85.1 Å². The number of benzene rings is 1. The first-order valence-corrected chi connectivity index (χ1v) is 4.31. The second-order valence-electron chi connectivity index (χ2n) is 3.00. The van der Waals surface area contributed by atoms with Gasteiger partial charge in [-0.05, 0) is 12.1 Å². The fraction of sp³-hybridized carbons (Fsp3) is 0.0909. The molecule has 0 radical (unpaired) electrons. The van der Waals surface area contributed by atoms with E-state index in [0.29, 0.717) is 28.6 Å². The topological polar surface area (TPSA) is 56.5 Å². The minimum Gasteiger partial charge on any atom is -0.496 e. The summed E-state index contributed by atoms with van der Waals surface area (Å²) in [6.45, 7) is 0. The minimum absolute atomic E-state index is 0.395. The molecule has 0 aliphatic carbocycles. The summed E-state index contributed by atoms with van der Waals surface area (Å²) >= 11 is 0. The van der Waals surface area contributed by atoms with Gasteiger partial charge in [-0.1, -0.05) is 0 Å². The molecule has 0 saturated heterocycles. The fourth-order valence-electron chi connectivity index (χ4n) is 1.38. The van der Waals surface area contributed by atoms with E-state index in [-0.39, 0.29) is 0 Å². The quantitative estimate of drug-likeness (QED) is 0.551. The minimum atomic E-state index is -0.427. The summed E-state index contributed by atoms with van der Waals surface area (Å²) in [7, 11) is 1.45. The van der Waals surface area contributed by atoms with Gasteiger partial charge in [-0.15, -0.1) is 0 Å². The van der Waals surface area contributed by atoms with Crippen LogP contribution in [0.1, 0.15) is 10.4 Å². The molecule has 0 N–H and O–H groups in total. The number of methoxy groups -OCH3 is 1. The molecule has 0 atom stereocenters. The Morgan fingerprint density at radius 2 is 2.13 bits per heavy atom. The van der Waals surface area contributed by atoms with Crippen molar-refractivity contribution in [2.45, 2.75) is 0 Å². The van der Waals surface area contributed by atoms with Gasteiger partial charge in [0.15, 0.2) is 6.29 Å². The van der Waals surface area contributed by atoms with E-state index in [1.807, 2.05) is 0 Å². The summed E-state index contributed by atoms with van der Waals surface area (Å²) in [4.78, 5) is 21.7. The largest absolute Gasteiger partial charge is 0.496 e. The first-order chi connectivity index (χ1) is 7.24. The van der Waals surface area contributed by atoms with Crippen molar-refractivity contribution in [3.05, 3.63) is 40.2 Å². The lowest BCUT2D eigenvalue weighted by Gasteiger charge is -2.04. The third-order valence-electron chi connectivity index (χ3n) is 2.10. The van der Waals surface area contributed by atoms with Gasteiger partial charge in [0.25, 0.3) is 0 Å². The molecule has 4 heteroatoms. The van der Waals surface area contributed by atoms with Crippen molar-refractivity contribution in [2.75, 3.05) is 7.11 Å². The Morgan fingerprint density at radius 3 is 2.80 bits per heavy atom. The summed E-state index contributed by atoms with van der Waals surface area (Å²) in [6, 6.07) is 6.06. The van der Waals surface area contributed by atoms with Gasteiger partial charge in [-0.2, -0.15) is 0 Å². The second kappa shape index (κ2) is 3.57. The molecule has 0 fully saturated rings. The van der Waals surface area contributed by atoms with Crippen molar-refractivity contribution in [2.24, 2.45) is 0 Å². The maximum absolute atomic E-state index is 11.0. The number of fused-ring (bicyclic) bond motifs is 1. The van der Waals surface area contributed by atoms with Gasteiger partial charge in [-0.25, -0.2) is 4.79 Å². The summed E-state index contributed by atoms with van der Waals surface area (Å²) in [6.07, 6.45) is 0.698. The zero-order valence-electron chi connectivity index (χ0n) is 8.02. The molecule has 0 amide bonds. The average Bonchev–Trinajstić information content (AvgIpc) is 2.27. The van der Waals surface area contributed by atoms with E-state index in [1.165, 1.54) is 19.2 Å². The molecule has 0 aliphatic heterocycles. The Kier molecular flexibility index (Phi) is 2.25. The number of carbonyl (C=O) groups is 1. The van der Waals surface area contributed by atoms with Gasteiger partial charge in [0.2, 0.25) is 0 Å². The zero-order valence-corrected chi connectivity index (χ0v) is 8.02. The van der Waals surface area contributed by atoms with Gasteiger partial charge in [0.05, 0.1) is 12.7 Å². The molecule has 76 valence electrons. The van der Waals surface area contributed by atoms with Gasteiger partial charge in [-0.3, -0.25) is 4.79 Å². The Bertz CT molecular complexity index is 568. The molecule has 0 spiro atoms. The van der Waals surface area contributed by atoms with Gasteiger partial charge < -0.3 is 9.15 Å². The van der Waals surface area contributed by atoms with Crippen LogP contribution in [0.15, 0.2) is 33.5 Å².